The van der Waals surface area contributed by atoms with Gasteiger partial charge in [-0.3, -0.25) is 4.79 Å². The zero-order chi connectivity index (χ0) is 13.2. The molecular weight excluding hydrogens is 232 g/mol. The van der Waals surface area contributed by atoms with E-state index in [1.54, 1.807) is 13.8 Å². The van der Waals surface area contributed by atoms with Crippen LogP contribution < -0.4 is 0 Å². The van der Waals surface area contributed by atoms with Crippen molar-refractivity contribution in [3.8, 4) is 0 Å². The number of carbonyl (C=O) groups excluding carboxylic acids is 1. The maximum absolute atomic E-state index is 11.3. The van der Waals surface area contributed by atoms with Crippen LogP contribution in [0.15, 0.2) is 0 Å². The zero-order valence-electron chi connectivity index (χ0n) is 9.68. The number of hydrogen-bond acceptors (Lipinski definition) is 7. The number of carbonyl (C=O) groups is 1. The molecule has 0 aliphatic carbocycles. The highest BCUT2D eigenvalue weighted by molar-refractivity contribution is 5.71. The highest BCUT2D eigenvalue weighted by Gasteiger charge is 2.45. The second kappa shape index (κ2) is 5.74. The largest absolute Gasteiger partial charge is 0.433 e. The lowest BCUT2D eigenvalue weighted by Gasteiger charge is -2.39. The van der Waals surface area contributed by atoms with E-state index < -0.39 is 49.2 Å². The van der Waals surface area contributed by atoms with E-state index in [-0.39, 0.29) is 0 Å². The normalized spacial score (nSPS) is 38.2. The van der Waals surface area contributed by atoms with Crippen LogP contribution in [0, 0.1) is 5.92 Å². The van der Waals surface area contributed by atoms with Crippen molar-refractivity contribution in [2.24, 2.45) is 5.92 Å². The van der Waals surface area contributed by atoms with Crippen LogP contribution in [0.2, 0.25) is 0 Å². The fourth-order valence-electron chi connectivity index (χ4n) is 1.42. The van der Waals surface area contributed by atoms with Gasteiger partial charge >= 0.3 is 5.97 Å². The minimum absolute atomic E-state index is 0.414. The van der Waals surface area contributed by atoms with Gasteiger partial charge in [0, 0.05) is 0 Å². The number of aliphatic hydroxyl groups is 4. The van der Waals surface area contributed by atoms with Gasteiger partial charge in [0.2, 0.25) is 6.29 Å². The lowest BCUT2D eigenvalue weighted by Crippen LogP contribution is -2.59. The fraction of sp³-hybridized carbons (Fsp3) is 0.900. The van der Waals surface area contributed by atoms with Crippen molar-refractivity contribution in [1.29, 1.82) is 0 Å². The standard InChI is InChI=1S/C10H18O7/c1-4(2)9(15)17-10-8(14)7(13)6(12)5(3-11)16-10/h4-8,10-14H,3H2,1-2H3/t5?,6-,7?,8?,10+/m1/s1. The molecule has 0 aromatic heterocycles. The molecule has 1 aliphatic heterocycles. The summed E-state index contributed by atoms with van der Waals surface area (Å²) in [6.07, 6.45) is -7.00. The molecule has 0 amide bonds. The van der Waals surface area contributed by atoms with Crippen molar-refractivity contribution in [2.75, 3.05) is 6.61 Å². The Morgan fingerprint density at radius 1 is 1.24 bits per heavy atom. The van der Waals surface area contributed by atoms with E-state index in [0.717, 1.165) is 0 Å². The molecule has 1 fully saturated rings. The summed E-state index contributed by atoms with van der Waals surface area (Å²) < 4.78 is 9.82. The van der Waals surface area contributed by atoms with E-state index in [1.807, 2.05) is 0 Å². The van der Waals surface area contributed by atoms with Crippen molar-refractivity contribution in [3.63, 3.8) is 0 Å². The first-order valence-electron chi connectivity index (χ1n) is 5.39. The summed E-state index contributed by atoms with van der Waals surface area (Å²) in [4.78, 5) is 11.3. The first-order chi connectivity index (χ1) is 7.88. The molecule has 17 heavy (non-hydrogen) atoms. The lowest BCUT2D eigenvalue weighted by molar-refractivity contribution is -0.293. The van der Waals surface area contributed by atoms with Gasteiger partial charge in [0.1, 0.15) is 24.4 Å². The van der Waals surface area contributed by atoms with Gasteiger partial charge in [-0.25, -0.2) is 0 Å². The third kappa shape index (κ3) is 3.14. The average Bonchev–Trinajstić information content (AvgIpc) is 2.29. The van der Waals surface area contributed by atoms with Crippen LogP contribution in [-0.4, -0.2) is 63.7 Å². The molecule has 0 radical (unpaired) electrons. The Morgan fingerprint density at radius 2 is 1.82 bits per heavy atom. The average molecular weight is 250 g/mol. The Hall–Kier alpha value is -0.730. The maximum atomic E-state index is 11.3. The van der Waals surface area contributed by atoms with Crippen LogP contribution in [0.5, 0.6) is 0 Å². The molecule has 100 valence electrons. The summed E-state index contributed by atoms with van der Waals surface area (Å²) >= 11 is 0. The van der Waals surface area contributed by atoms with Gasteiger partial charge < -0.3 is 29.9 Å². The molecular formula is C10H18O7. The van der Waals surface area contributed by atoms with Crippen LogP contribution in [0.25, 0.3) is 0 Å². The molecule has 7 heteroatoms. The van der Waals surface area contributed by atoms with Crippen molar-refractivity contribution in [3.05, 3.63) is 0 Å². The van der Waals surface area contributed by atoms with Crippen molar-refractivity contribution in [2.45, 2.75) is 44.6 Å². The van der Waals surface area contributed by atoms with E-state index in [0.29, 0.717) is 0 Å². The molecule has 4 N–H and O–H groups in total. The highest BCUT2D eigenvalue weighted by atomic mass is 16.7. The molecule has 1 aliphatic rings. The number of esters is 1. The van der Waals surface area contributed by atoms with Gasteiger partial charge in [-0.05, 0) is 0 Å². The van der Waals surface area contributed by atoms with Crippen molar-refractivity contribution in [1.82, 2.24) is 0 Å². The minimum atomic E-state index is -1.55. The summed E-state index contributed by atoms with van der Waals surface area (Å²) in [5.74, 6) is -1.02. The van der Waals surface area contributed by atoms with Crippen LogP contribution in [-0.2, 0) is 14.3 Å². The third-order valence-corrected chi connectivity index (χ3v) is 2.55. The fourth-order valence-corrected chi connectivity index (χ4v) is 1.42. The Bertz CT molecular complexity index is 265. The van der Waals surface area contributed by atoms with Gasteiger partial charge in [-0.15, -0.1) is 0 Å². The Morgan fingerprint density at radius 3 is 2.29 bits per heavy atom. The molecule has 1 saturated heterocycles. The molecule has 0 aromatic carbocycles. The summed E-state index contributed by atoms with van der Waals surface area (Å²) in [6.45, 7) is 2.65. The molecule has 0 aromatic rings. The highest BCUT2D eigenvalue weighted by Crippen LogP contribution is 2.22. The maximum Gasteiger partial charge on any atom is 0.310 e. The molecule has 0 saturated carbocycles. The number of hydrogen-bond donors (Lipinski definition) is 4. The molecule has 1 rings (SSSR count). The number of rotatable bonds is 3. The Kier molecular flexibility index (Phi) is 4.84. The van der Waals surface area contributed by atoms with Crippen molar-refractivity contribution < 1.29 is 34.7 Å². The van der Waals surface area contributed by atoms with E-state index in [2.05, 4.69) is 0 Å². The van der Waals surface area contributed by atoms with E-state index in [1.165, 1.54) is 0 Å². The molecule has 5 atom stereocenters. The van der Waals surface area contributed by atoms with Crippen LogP contribution in [0.4, 0.5) is 0 Å². The quantitative estimate of drug-likeness (QED) is 0.427. The first kappa shape index (κ1) is 14.3. The van der Waals surface area contributed by atoms with Crippen LogP contribution >= 0.6 is 0 Å². The summed E-state index contributed by atoms with van der Waals surface area (Å²) in [5, 5.41) is 37.4. The molecule has 3 unspecified atom stereocenters. The third-order valence-electron chi connectivity index (χ3n) is 2.55. The van der Waals surface area contributed by atoms with E-state index in [9.17, 15) is 20.1 Å². The number of ether oxygens (including phenoxy) is 2. The van der Waals surface area contributed by atoms with Gasteiger partial charge in [-0.2, -0.15) is 0 Å². The molecule has 1 heterocycles. The first-order valence-corrected chi connectivity index (χ1v) is 5.39. The molecule has 0 spiro atoms. The summed E-state index contributed by atoms with van der Waals surface area (Å²) in [5.41, 5.74) is 0. The van der Waals surface area contributed by atoms with Crippen LogP contribution in [0.1, 0.15) is 13.8 Å². The molecule has 7 nitrogen and oxygen atoms in total. The SMILES string of the molecule is CC(C)C(=O)O[C@@H]1OC(CO)[C@@H](O)C(O)C1O. The lowest BCUT2D eigenvalue weighted by atomic mass is 9.99. The minimum Gasteiger partial charge on any atom is -0.433 e. The predicted molar refractivity (Wildman–Crippen MR) is 54.7 cm³/mol. The monoisotopic (exact) mass is 250 g/mol. The summed E-state index contributed by atoms with van der Waals surface area (Å²) in [6, 6.07) is 0. The topological polar surface area (TPSA) is 116 Å². The van der Waals surface area contributed by atoms with E-state index in [4.69, 9.17) is 14.6 Å². The van der Waals surface area contributed by atoms with Gasteiger partial charge in [-0.1, -0.05) is 13.8 Å². The summed E-state index contributed by atoms with van der Waals surface area (Å²) in [7, 11) is 0. The van der Waals surface area contributed by atoms with E-state index >= 15 is 0 Å². The second-order valence-electron chi connectivity index (χ2n) is 4.29. The van der Waals surface area contributed by atoms with Crippen molar-refractivity contribution >= 4 is 5.97 Å². The van der Waals surface area contributed by atoms with Crippen LogP contribution in [0.3, 0.4) is 0 Å². The number of aliphatic hydroxyl groups excluding tert-OH is 4. The Labute approximate surface area is 98.6 Å². The van der Waals surface area contributed by atoms with Gasteiger partial charge in [0.15, 0.2) is 0 Å². The Balaban J connectivity index is 2.69. The molecule has 0 bridgehead atoms. The zero-order valence-corrected chi connectivity index (χ0v) is 9.68. The predicted octanol–water partition coefficient (Wildman–Crippen LogP) is -2.01. The smallest absolute Gasteiger partial charge is 0.310 e. The second-order valence-corrected chi connectivity index (χ2v) is 4.29. The van der Waals surface area contributed by atoms with Gasteiger partial charge in [0.25, 0.3) is 0 Å². The van der Waals surface area contributed by atoms with Gasteiger partial charge in [0.05, 0.1) is 12.5 Å².